The highest BCUT2D eigenvalue weighted by Crippen LogP contribution is 2.22. The summed E-state index contributed by atoms with van der Waals surface area (Å²) < 4.78 is 8.18. The maximum absolute atomic E-state index is 5.49. The van der Waals surface area contributed by atoms with Gasteiger partial charge in [-0.25, -0.2) is 5.43 Å². The number of nitrogens with two attached hydrogens (primary N) is 1. The molecule has 1 rings (SSSR count). The zero-order valence-corrected chi connectivity index (χ0v) is 10.6. The summed E-state index contributed by atoms with van der Waals surface area (Å²) >= 11 is 3.43. The van der Waals surface area contributed by atoms with E-state index in [0.29, 0.717) is 6.61 Å². The number of nitrogens with zero attached hydrogens (tertiary/aromatic N) is 2. The monoisotopic (exact) mass is 276 g/mol. The number of halogens is 1. The molecule has 0 saturated carbocycles. The predicted molar refractivity (Wildman–Crippen MR) is 62.1 cm³/mol. The van der Waals surface area contributed by atoms with Crippen LogP contribution in [0.2, 0.25) is 0 Å². The summed E-state index contributed by atoms with van der Waals surface area (Å²) in [6, 6.07) is -0.0431. The third-order valence-corrected chi connectivity index (χ3v) is 2.71. The number of hydrogen-bond donors (Lipinski definition) is 2. The third-order valence-electron chi connectivity index (χ3n) is 2.10. The fourth-order valence-corrected chi connectivity index (χ4v) is 1.99. The normalized spacial score (nSPS) is 13.1. The Morgan fingerprint density at radius 2 is 2.47 bits per heavy atom. The van der Waals surface area contributed by atoms with Gasteiger partial charge < -0.3 is 4.74 Å². The number of rotatable bonds is 6. The standard InChI is InChI=1S/C9H17BrN4O/c1-3-4-15-6-8(13-11)9-7(10)5-12-14(9)2/h5,8,13H,3-4,6,11H2,1-2H3. The molecule has 0 amide bonds. The first-order valence-corrected chi connectivity index (χ1v) is 5.71. The van der Waals surface area contributed by atoms with E-state index in [0.717, 1.165) is 23.2 Å². The number of nitrogens with one attached hydrogen (secondary N) is 1. The fraction of sp³-hybridized carbons (Fsp3) is 0.667. The van der Waals surface area contributed by atoms with Crippen molar-refractivity contribution in [1.29, 1.82) is 0 Å². The second-order valence-corrected chi connectivity index (χ2v) is 4.15. The van der Waals surface area contributed by atoms with Crippen LogP contribution >= 0.6 is 15.9 Å². The number of hydrogen-bond acceptors (Lipinski definition) is 4. The molecule has 6 heteroatoms. The molecule has 0 aromatic carbocycles. The Hall–Kier alpha value is -0.430. The van der Waals surface area contributed by atoms with Crippen LogP contribution in [0.1, 0.15) is 25.1 Å². The summed E-state index contributed by atoms with van der Waals surface area (Å²) in [4.78, 5) is 0. The van der Waals surface area contributed by atoms with Crippen molar-refractivity contribution >= 4 is 15.9 Å². The van der Waals surface area contributed by atoms with Crippen LogP contribution in [0.15, 0.2) is 10.7 Å². The Balaban J connectivity index is 2.65. The van der Waals surface area contributed by atoms with E-state index < -0.39 is 0 Å². The third kappa shape index (κ3) is 3.27. The lowest BCUT2D eigenvalue weighted by atomic mass is 10.2. The molecule has 0 spiro atoms. The van der Waals surface area contributed by atoms with Crippen LogP contribution in [-0.4, -0.2) is 23.0 Å². The van der Waals surface area contributed by atoms with Crippen molar-refractivity contribution in [3.05, 3.63) is 16.4 Å². The first-order chi connectivity index (χ1) is 7.20. The number of ether oxygens (including phenoxy) is 1. The fourth-order valence-electron chi connectivity index (χ4n) is 1.36. The Labute approximate surface area is 98.1 Å². The summed E-state index contributed by atoms with van der Waals surface area (Å²) in [5, 5.41) is 4.13. The van der Waals surface area contributed by atoms with Crippen molar-refractivity contribution in [3.63, 3.8) is 0 Å². The highest BCUT2D eigenvalue weighted by molar-refractivity contribution is 9.10. The second kappa shape index (κ2) is 6.22. The Bertz CT molecular complexity index is 283. The van der Waals surface area contributed by atoms with Crippen LogP contribution in [0, 0.1) is 0 Å². The molecule has 1 aromatic rings. The molecule has 0 aliphatic rings. The van der Waals surface area contributed by atoms with Gasteiger partial charge in [0.2, 0.25) is 0 Å². The van der Waals surface area contributed by atoms with E-state index in [-0.39, 0.29) is 6.04 Å². The molecule has 0 radical (unpaired) electrons. The molecule has 1 unspecified atom stereocenters. The molecular formula is C9H17BrN4O. The van der Waals surface area contributed by atoms with E-state index in [2.05, 4.69) is 33.4 Å². The van der Waals surface area contributed by atoms with Gasteiger partial charge in [0, 0.05) is 13.7 Å². The average Bonchev–Trinajstić information content (AvgIpc) is 2.55. The van der Waals surface area contributed by atoms with Crippen molar-refractivity contribution in [2.24, 2.45) is 12.9 Å². The Morgan fingerprint density at radius 1 is 1.73 bits per heavy atom. The largest absolute Gasteiger partial charge is 0.379 e. The summed E-state index contributed by atoms with van der Waals surface area (Å²) in [5.41, 5.74) is 3.72. The van der Waals surface area contributed by atoms with Crippen LogP contribution in [0.25, 0.3) is 0 Å². The topological polar surface area (TPSA) is 65.1 Å². The van der Waals surface area contributed by atoms with Crippen molar-refractivity contribution in [3.8, 4) is 0 Å². The zero-order valence-electron chi connectivity index (χ0n) is 9.03. The SMILES string of the molecule is CCCOCC(NN)c1c(Br)cnn1C. The predicted octanol–water partition coefficient (Wildman–Crippen LogP) is 1.11. The van der Waals surface area contributed by atoms with Gasteiger partial charge in [0.1, 0.15) is 0 Å². The van der Waals surface area contributed by atoms with Crippen LogP contribution in [0.5, 0.6) is 0 Å². The molecule has 1 aromatic heterocycles. The zero-order chi connectivity index (χ0) is 11.3. The lowest BCUT2D eigenvalue weighted by Gasteiger charge is -2.16. The van der Waals surface area contributed by atoms with Gasteiger partial charge in [-0.15, -0.1) is 0 Å². The minimum Gasteiger partial charge on any atom is -0.379 e. The van der Waals surface area contributed by atoms with Crippen LogP contribution < -0.4 is 11.3 Å². The van der Waals surface area contributed by atoms with Gasteiger partial charge in [-0.3, -0.25) is 10.5 Å². The summed E-state index contributed by atoms with van der Waals surface area (Å²) in [7, 11) is 1.88. The van der Waals surface area contributed by atoms with E-state index in [1.54, 1.807) is 10.9 Å². The second-order valence-electron chi connectivity index (χ2n) is 3.30. The molecule has 0 aliphatic carbocycles. The molecule has 1 heterocycles. The van der Waals surface area contributed by atoms with E-state index in [4.69, 9.17) is 10.6 Å². The molecule has 15 heavy (non-hydrogen) atoms. The molecule has 0 fully saturated rings. The van der Waals surface area contributed by atoms with E-state index in [9.17, 15) is 0 Å². The van der Waals surface area contributed by atoms with Crippen molar-refractivity contribution in [1.82, 2.24) is 15.2 Å². The summed E-state index contributed by atoms with van der Waals surface area (Å²) in [6.07, 6.45) is 2.75. The van der Waals surface area contributed by atoms with Crippen LogP contribution in [0.4, 0.5) is 0 Å². The molecule has 0 saturated heterocycles. The molecule has 0 aliphatic heterocycles. The molecule has 0 bridgehead atoms. The van der Waals surface area contributed by atoms with Crippen molar-refractivity contribution in [2.75, 3.05) is 13.2 Å². The summed E-state index contributed by atoms with van der Waals surface area (Å²) in [6.45, 7) is 3.36. The van der Waals surface area contributed by atoms with E-state index in [1.807, 2.05) is 7.05 Å². The van der Waals surface area contributed by atoms with Gasteiger partial charge in [0.25, 0.3) is 0 Å². The van der Waals surface area contributed by atoms with Crippen LogP contribution in [0.3, 0.4) is 0 Å². The molecule has 3 N–H and O–H groups in total. The van der Waals surface area contributed by atoms with Crippen LogP contribution in [-0.2, 0) is 11.8 Å². The lowest BCUT2D eigenvalue weighted by molar-refractivity contribution is 0.109. The smallest absolute Gasteiger partial charge is 0.0873 e. The highest BCUT2D eigenvalue weighted by Gasteiger charge is 2.17. The minimum atomic E-state index is -0.0431. The highest BCUT2D eigenvalue weighted by atomic mass is 79.9. The van der Waals surface area contributed by atoms with E-state index in [1.165, 1.54) is 0 Å². The van der Waals surface area contributed by atoms with Gasteiger partial charge in [-0.1, -0.05) is 6.92 Å². The van der Waals surface area contributed by atoms with Crippen molar-refractivity contribution in [2.45, 2.75) is 19.4 Å². The average molecular weight is 277 g/mol. The van der Waals surface area contributed by atoms with E-state index >= 15 is 0 Å². The van der Waals surface area contributed by atoms with Gasteiger partial charge in [-0.2, -0.15) is 5.10 Å². The van der Waals surface area contributed by atoms with Gasteiger partial charge in [-0.05, 0) is 22.4 Å². The Kier molecular flexibility index (Phi) is 5.24. The van der Waals surface area contributed by atoms with Gasteiger partial charge in [0.05, 0.1) is 29.0 Å². The van der Waals surface area contributed by atoms with Gasteiger partial charge >= 0.3 is 0 Å². The molecular weight excluding hydrogens is 260 g/mol. The first-order valence-electron chi connectivity index (χ1n) is 4.92. The summed E-state index contributed by atoms with van der Waals surface area (Å²) in [5.74, 6) is 5.49. The quantitative estimate of drug-likeness (QED) is 0.464. The van der Waals surface area contributed by atoms with Crippen molar-refractivity contribution < 1.29 is 4.74 Å². The molecule has 86 valence electrons. The molecule has 5 nitrogen and oxygen atoms in total. The number of aryl methyl sites for hydroxylation is 1. The molecule has 1 atom stereocenters. The maximum atomic E-state index is 5.49. The minimum absolute atomic E-state index is 0.0431. The van der Waals surface area contributed by atoms with Gasteiger partial charge in [0.15, 0.2) is 0 Å². The Morgan fingerprint density at radius 3 is 2.93 bits per heavy atom. The first kappa shape index (κ1) is 12.6. The lowest BCUT2D eigenvalue weighted by Crippen LogP contribution is -2.33. The maximum Gasteiger partial charge on any atom is 0.0873 e. The number of hydrazine groups is 1. The number of aromatic nitrogens is 2.